The molecule has 7 heteroatoms. The number of carbonyl (C=O) groups excluding carboxylic acids is 2. The molecule has 6 nitrogen and oxygen atoms in total. The Bertz CT molecular complexity index is 623. The van der Waals surface area contributed by atoms with Gasteiger partial charge in [-0.15, -0.1) is 0 Å². The van der Waals surface area contributed by atoms with Crippen LogP contribution in [0.1, 0.15) is 24.8 Å². The number of piperidine rings is 1. The van der Waals surface area contributed by atoms with Crippen molar-refractivity contribution in [3.63, 3.8) is 0 Å². The average Bonchev–Trinajstić information content (AvgIpc) is 2.70. The lowest BCUT2D eigenvalue weighted by Crippen LogP contribution is -2.54. The maximum atomic E-state index is 12.9. The number of piperazine rings is 1. The third-order valence-corrected chi connectivity index (χ3v) is 5.29. The molecule has 0 saturated carbocycles. The smallest absolute Gasteiger partial charge is 0.320 e. The van der Waals surface area contributed by atoms with Gasteiger partial charge in [0.2, 0.25) is 5.91 Å². The summed E-state index contributed by atoms with van der Waals surface area (Å²) >= 11 is 0. The summed E-state index contributed by atoms with van der Waals surface area (Å²) in [6, 6.07) is 6.49. The standard InChI is InChI=1S/C20H29FN4O2/c21-18-6-4-17(5-7-18)8-9-22-19(26)16-23-12-14-25(15-13-23)20(27)24-10-2-1-3-11-24/h4-7H,1-3,8-16H2,(H,22,26). The van der Waals surface area contributed by atoms with Gasteiger partial charge in [0.05, 0.1) is 6.54 Å². The fourth-order valence-corrected chi connectivity index (χ4v) is 3.64. The number of benzene rings is 1. The first-order valence-electron chi connectivity index (χ1n) is 9.89. The van der Waals surface area contributed by atoms with Gasteiger partial charge in [0.1, 0.15) is 5.82 Å². The SMILES string of the molecule is O=C(CN1CCN(C(=O)N2CCCCC2)CC1)NCCc1ccc(F)cc1. The first-order valence-corrected chi connectivity index (χ1v) is 9.89. The maximum absolute atomic E-state index is 12.9. The number of nitrogens with one attached hydrogen (secondary N) is 1. The fraction of sp³-hybridized carbons (Fsp3) is 0.600. The number of rotatable bonds is 5. The van der Waals surface area contributed by atoms with Gasteiger partial charge in [-0.3, -0.25) is 9.69 Å². The lowest BCUT2D eigenvalue weighted by atomic mass is 10.1. The Balaban J connectivity index is 1.33. The zero-order chi connectivity index (χ0) is 19.1. The molecule has 1 aromatic rings. The first-order chi connectivity index (χ1) is 13.1. The van der Waals surface area contributed by atoms with Gasteiger partial charge in [-0.05, 0) is 43.4 Å². The number of carbonyl (C=O) groups is 2. The number of urea groups is 1. The molecule has 0 atom stereocenters. The summed E-state index contributed by atoms with van der Waals surface area (Å²) in [6.45, 7) is 5.45. The molecule has 2 fully saturated rings. The van der Waals surface area contributed by atoms with E-state index in [9.17, 15) is 14.0 Å². The van der Waals surface area contributed by atoms with Crippen LogP contribution in [-0.2, 0) is 11.2 Å². The van der Waals surface area contributed by atoms with Gasteiger partial charge in [0, 0.05) is 45.8 Å². The van der Waals surface area contributed by atoms with Crippen LogP contribution in [0.4, 0.5) is 9.18 Å². The van der Waals surface area contributed by atoms with Crippen molar-refractivity contribution in [1.82, 2.24) is 20.0 Å². The van der Waals surface area contributed by atoms with Crippen molar-refractivity contribution < 1.29 is 14.0 Å². The van der Waals surface area contributed by atoms with Crippen molar-refractivity contribution >= 4 is 11.9 Å². The minimum Gasteiger partial charge on any atom is -0.355 e. The van der Waals surface area contributed by atoms with Crippen LogP contribution in [0.25, 0.3) is 0 Å². The summed E-state index contributed by atoms with van der Waals surface area (Å²) in [5, 5.41) is 2.92. The highest BCUT2D eigenvalue weighted by Gasteiger charge is 2.26. The van der Waals surface area contributed by atoms with E-state index in [1.165, 1.54) is 18.6 Å². The molecule has 0 aromatic heterocycles. The highest BCUT2D eigenvalue weighted by Crippen LogP contribution is 2.13. The molecule has 148 valence electrons. The second-order valence-corrected chi connectivity index (χ2v) is 7.32. The van der Waals surface area contributed by atoms with E-state index in [0.29, 0.717) is 32.6 Å². The van der Waals surface area contributed by atoms with Gasteiger partial charge in [-0.25, -0.2) is 9.18 Å². The topological polar surface area (TPSA) is 55.9 Å². The highest BCUT2D eigenvalue weighted by molar-refractivity contribution is 5.78. The highest BCUT2D eigenvalue weighted by atomic mass is 19.1. The largest absolute Gasteiger partial charge is 0.355 e. The van der Waals surface area contributed by atoms with E-state index in [-0.39, 0.29) is 17.8 Å². The molecule has 2 heterocycles. The van der Waals surface area contributed by atoms with E-state index in [2.05, 4.69) is 10.2 Å². The molecule has 2 saturated heterocycles. The zero-order valence-corrected chi connectivity index (χ0v) is 15.8. The van der Waals surface area contributed by atoms with Crippen molar-refractivity contribution in [2.75, 3.05) is 52.4 Å². The second-order valence-electron chi connectivity index (χ2n) is 7.32. The van der Waals surface area contributed by atoms with E-state index < -0.39 is 0 Å². The molecule has 0 unspecified atom stereocenters. The summed E-state index contributed by atoms with van der Waals surface area (Å²) in [7, 11) is 0. The molecular weight excluding hydrogens is 347 g/mol. The van der Waals surface area contributed by atoms with Crippen molar-refractivity contribution in [3.8, 4) is 0 Å². The fourth-order valence-electron chi connectivity index (χ4n) is 3.64. The van der Waals surface area contributed by atoms with Gasteiger partial charge < -0.3 is 15.1 Å². The molecule has 1 N–H and O–H groups in total. The van der Waals surface area contributed by atoms with Crippen LogP contribution in [0.15, 0.2) is 24.3 Å². The molecule has 0 radical (unpaired) electrons. The summed E-state index contributed by atoms with van der Waals surface area (Å²) in [5.74, 6) is -0.256. The summed E-state index contributed by atoms with van der Waals surface area (Å²) in [4.78, 5) is 30.6. The van der Waals surface area contributed by atoms with E-state index >= 15 is 0 Å². The Morgan fingerprint density at radius 2 is 1.52 bits per heavy atom. The minimum absolute atomic E-state index is 0.00656. The van der Waals surface area contributed by atoms with Gasteiger partial charge in [-0.1, -0.05) is 12.1 Å². The minimum atomic E-state index is -0.249. The van der Waals surface area contributed by atoms with Crippen molar-refractivity contribution in [1.29, 1.82) is 0 Å². The van der Waals surface area contributed by atoms with E-state index in [1.807, 2.05) is 9.80 Å². The number of hydrogen-bond acceptors (Lipinski definition) is 3. The summed E-state index contributed by atoms with van der Waals surface area (Å²) in [5.41, 5.74) is 1.00. The van der Waals surface area contributed by atoms with Gasteiger partial charge >= 0.3 is 6.03 Å². The van der Waals surface area contributed by atoms with Crippen LogP contribution >= 0.6 is 0 Å². The quantitative estimate of drug-likeness (QED) is 0.851. The number of nitrogens with zero attached hydrogens (tertiary/aromatic N) is 3. The molecule has 0 aliphatic carbocycles. The normalized spacial score (nSPS) is 18.4. The van der Waals surface area contributed by atoms with Gasteiger partial charge in [0.25, 0.3) is 0 Å². The second kappa shape index (κ2) is 9.69. The maximum Gasteiger partial charge on any atom is 0.320 e. The molecule has 2 aliphatic heterocycles. The molecule has 3 amide bonds. The van der Waals surface area contributed by atoms with Crippen LogP contribution in [0.2, 0.25) is 0 Å². The molecular formula is C20H29FN4O2. The predicted molar refractivity (Wildman–Crippen MR) is 102 cm³/mol. The number of hydrogen-bond donors (Lipinski definition) is 1. The van der Waals surface area contributed by atoms with Crippen LogP contribution < -0.4 is 5.32 Å². The number of likely N-dealkylation sites (tertiary alicyclic amines) is 1. The van der Waals surface area contributed by atoms with Crippen LogP contribution in [0.5, 0.6) is 0 Å². The summed E-state index contributed by atoms with van der Waals surface area (Å²) in [6.07, 6.45) is 4.10. The Kier molecular flexibility index (Phi) is 7.04. The lowest BCUT2D eigenvalue weighted by Gasteiger charge is -2.38. The van der Waals surface area contributed by atoms with Crippen molar-refractivity contribution in [2.45, 2.75) is 25.7 Å². The molecule has 1 aromatic carbocycles. The van der Waals surface area contributed by atoms with E-state index in [0.717, 1.165) is 44.6 Å². The molecule has 2 aliphatic rings. The third kappa shape index (κ3) is 5.92. The monoisotopic (exact) mass is 376 g/mol. The van der Waals surface area contributed by atoms with Crippen LogP contribution in [-0.4, -0.2) is 79.0 Å². The van der Waals surface area contributed by atoms with Crippen LogP contribution in [0, 0.1) is 5.82 Å². The van der Waals surface area contributed by atoms with E-state index in [1.54, 1.807) is 12.1 Å². The summed E-state index contributed by atoms with van der Waals surface area (Å²) < 4.78 is 12.9. The van der Waals surface area contributed by atoms with Crippen LogP contribution in [0.3, 0.4) is 0 Å². The Morgan fingerprint density at radius 1 is 0.889 bits per heavy atom. The molecule has 0 bridgehead atoms. The van der Waals surface area contributed by atoms with E-state index in [4.69, 9.17) is 0 Å². The Morgan fingerprint density at radius 3 is 2.19 bits per heavy atom. The van der Waals surface area contributed by atoms with Crippen molar-refractivity contribution in [3.05, 3.63) is 35.6 Å². The lowest BCUT2D eigenvalue weighted by molar-refractivity contribution is -0.122. The van der Waals surface area contributed by atoms with Gasteiger partial charge in [0.15, 0.2) is 0 Å². The Hall–Kier alpha value is -2.15. The first kappa shape index (κ1) is 19.6. The van der Waals surface area contributed by atoms with Gasteiger partial charge in [-0.2, -0.15) is 0 Å². The number of halogens is 1. The number of amides is 3. The zero-order valence-electron chi connectivity index (χ0n) is 15.8. The van der Waals surface area contributed by atoms with Crippen molar-refractivity contribution in [2.24, 2.45) is 0 Å². The predicted octanol–water partition coefficient (Wildman–Crippen LogP) is 1.71. The Labute approximate surface area is 160 Å². The third-order valence-electron chi connectivity index (χ3n) is 5.29. The molecule has 27 heavy (non-hydrogen) atoms. The molecule has 3 rings (SSSR count). The molecule has 0 spiro atoms. The average molecular weight is 376 g/mol.